The fourth-order valence-electron chi connectivity index (χ4n) is 3.08. The van der Waals surface area contributed by atoms with E-state index < -0.39 is 0 Å². The highest BCUT2D eigenvalue weighted by Gasteiger charge is 2.15. The highest BCUT2D eigenvalue weighted by atomic mass is 16.2. The number of amides is 1. The van der Waals surface area contributed by atoms with E-state index in [1.807, 2.05) is 12.1 Å². The van der Waals surface area contributed by atoms with Crippen LogP contribution >= 0.6 is 0 Å². The highest BCUT2D eigenvalue weighted by molar-refractivity contribution is 5.92. The molecule has 2 heterocycles. The number of likely N-dealkylation sites (tertiary alicyclic amines) is 1. The van der Waals surface area contributed by atoms with Crippen molar-refractivity contribution in [3.8, 4) is 0 Å². The van der Waals surface area contributed by atoms with Crippen LogP contribution in [0.4, 0.5) is 11.4 Å². The van der Waals surface area contributed by atoms with E-state index in [-0.39, 0.29) is 5.91 Å². The normalized spacial score (nSPS) is 19.5. The Bertz CT molecular complexity index is 445. The summed E-state index contributed by atoms with van der Waals surface area (Å²) in [5, 5.41) is 2.99. The van der Waals surface area contributed by atoms with E-state index in [2.05, 4.69) is 27.2 Å². The molecule has 4 heteroatoms. The van der Waals surface area contributed by atoms with E-state index in [0.717, 1.165) is 31.9 Å². The van der Waals surface area contributed by atoms with Crippen molar-refractivity contribution in [3.63, 3.8) is 0 Å². The number of benzene rings is 1. The first-order valence-electron chi connectivity index (χ1n) is 7.68. The first kappa shape index (κ1) is 13.4. The number of hydrogen-bond donors (Lipinski definition) is 1. The fraction of sp³-hybridized carbons (Fsp3) is 0.562. The fourth-order valence-corrected chi connectivity index (χ4v) is 3.08. The van der Waals surface area contributed by atoms with Crippen LogP contribution in [0, 0.1) is 0 Å². The topological polar surface area (TPSA) is 35.6 Å². The molecule has 0 unspecified atom stereocenters. The molecule has 0 atom stereocenters. The molecule has 0 radical (unpaired) electrons. The van der Waals surface area contributed by atoms with Gasteiger partial charge < -0.3 is 10.2 Å². The first-order valence-corrected chi connectivity index (χ1v) is 7.68. The lowest BCUT2D eigenvalue weighted by molar-refractivity contribution is -0.117. The van der Waals surface area contributed by atoms with Gasteiger partial charge in [-0.3, -0.25) is 9.69 Å². The Morgan fingerprint density at radius 1 is 0.950 bits per heavy atom. The Morgan fingerprint density at radius 2 is 1.55 bits per heavy atom. The van der Waals surface area contributed by atoms with Crippen LogP contribution in [-0.4, -0.2) is 43.5 Å². The second kappa shape index (κ2) is 6.27. The van der Waals surface area contributed by atoms with Crippen LogP contribution in [0.3, 0.4) is 0 Å². The van der Waals surface area contributed by atoms with Gasteiger partial charge in [0.25, 0.3) is 0 Å². The van der Waals surface area contributed by atoms with Crippen LogP contribution in [0.25, 0.3) is 0 Å². The van der Waals surface area contributed by atoms with Gasteiger partial charge in [0.2, 0.25) is 5.91 Å². The monoisotopic (exact) mass is 273 g/mol. The Labute approximate surface area is 120 Å². The molecular formula is C16H23N3O. The Balaban J connectivity index is 1.53. The van der Waals surface area contributed by atoms with Crippen LogP contribution in [-0.2, 0) is 4.79 Å². The molecule has 2 aliphatic heterocycles. The first-order chi connectivity index (χ1) is 9.81. The Kier molecular flexibility index (Phi) is 4.21. The SMILES string of the molecule is O=C(CN1CCCC1)Nc1ccc(N2CCCC2)cc1. The van der Waals surface area contributed by atoms with E-state index in [0.29, 0.717) is 6.54 Å². The summed E-state index contributed by atoms with van der Waals surface area (Å²) in [5.41, 5.74) is 2.16. The van der Waals surface area contributed by atoms with E-state index in [9.17, 15) is 4.79 Å². The lowest BCUT2D eigenvalue weighted by atomic mass is 10.2. The van der Waals surface area contributed by atoms with Gasteiger partial charge in [-0.2, -0.15) is 0 Å². The van der Waals surface area contributed by atoms with Gasteiger partial charge >= 0.3 is 0 Å². The molecule has 0 aliphatic carbocycles. The molecule has 1 amide bonds. The van der Waals surface area contributed by atoms with Crippen molar-refractivity contribution in [1.82, 2.24) is 4.90 Å². The second-order valence-corrected chi connectivity index (χ2v) is 5.77. The van der Waals surface area contributed by atoms with Gasteiger partial charge in [0.15, 0.2) is 0 Å². The maximum absolute atomic E-state index is 11.9. The maximum atomic E-state index is 11.9. The van der Waals surface area contributed by atoms with E-state index in [4.69, 9.17) is 0 Å². The summed E-state index contributed by atoms with van der Waals surface area (Å²) in [5.74, 6) is 0.0980. The number of anilines is 2. The molecule has 1 aromatic rings. The van der Waals surface area contributed by atoms with Crippen LogP contribution in [0.2, 0.25) is 0 Å². The lowest BCUT2D eigenvalue weighted by Gasteiger charge is -2.18. The summed E-state index contributed by atoms with van der Waals surface area (Å²) >= 11 is 0. The average Bonchev–Trinajstić information content (AvgIpc) is 3.12. The molecule has 2 saturated heterocycles. The number of nitrogens with zero attached hydrogens (tertiary/aromatic N) is 2. The van der Waals surface area contributed by atoms with Gasteiger partial charge in [0.1, 0.15) is 0 Å². The summed E-state index contributed by atoms with van der Waals surface area (Å²) in [6, 6.07) is 8.23. The largest absolute Gasteiger partial charge is 0.372 e. The molecule has 2 aliphatic rings. The van der Waals surface area contributed by atoms with Crippen molar-refractivity contribution in [2.45, 2.75) is 25.7 Å². The Morgan fingerprint density at radius 3 is 2.20 bits per heavy atom. The van der Waals surface area contributed by atoms with Crippen molar-refractivity contribution >= 4 is 17.3 Å². The summed E-state index contributed by atoms with van der Waals surface area (Å²) < 4.78 is 0. The zero-order valence-electron chi connectivity index (χ0n) is 12.0. The average molecular weight is 273 g/mol. The van der Waals surface area contributed by atoms with Crippen molar-refractivity contribution in [2.75, 3.05) is 42.9 Å². The van der Waals surface area contributed by atoms with Crippen molar-refractivity contribution in [3.05, 3.63) is 24.3 Å². The summed E-state index contributed by atoms with van der Waals surface area (Å²) in [7, 11) is 0. The molecule has 4 nitrogen and oxygen atoms in total. The van der Waals surface area contributed by atoms with E-state index in [1.54, 1.807) is 0 Å². The zero-order chi connectivity index (χ0) is 13.8. The van der Waals surface area contributed by atoms with Crippen LogP contribution in [0.5, 0.6) is 0 Å². The molecular weight excluding hydrogens is 250 g/mol. The molecule has 0 saturated carbocycles. The molecule has 1 N–H and O–H groups in total. The van der Waals surface area contributed by atoms with Crippen molar-refractivity contribution < 1.29 is 4.79 Å². The third-order valence-electron chi connectivity index (χ3n) is 4.19. The van der Waals surface area contributed by atoms with Gasteiger partial charge in [0.05, 0.1) is 6.54 Å². The van der Waals surface area contributed by atoms with Gasteiger partial charge in [0, 0.05) is 24.5 Å². The number of carbonyl (C=O) groups is 1. The molecule has 20 heavy (non-hydrogen) atoms. The highest BCUT2D eigenvalue weighted by Crippen LogP contribution is 2.22. The summed E-state index contributed by atoms with van der Waals surface area (Å²) in [6.07, 6.45) is 5.01. The minimum absolute atomic E-state index is 0.0980. The van der Waals surface area contributed by atoms with Crippen LogP contribution in [0.15, 0.2) is 24.3 Å². The molecule has 3 rings (SSSR count). The predicted octanol–water partition coefficient (Wildman–Crippen LogP) is 2.32. The standard InChI is InChI=1S/C16H23N3O/c20-16(13-18-9-1-2-10-18)17-14-5-7-15(8-6-14)19-11-3-4-12-19/h5-8H,1-4,9-13H2,(H,17,20). The molecule has 2 fully saturated rings. The van der Waals surface area contributed by atoms with E-state index in [1.165, 1.54) is 31.4 Å². The van der Waals surface area contributed by atoms with E-state index >= 15 is 0 Å². The molecule has 0 spiro atoms. The van der Waals surface area contributed by atoms with Crippen LogP contribution < -0.4 is 10.2 Å². The smallest absolute Gasteiger partial charge is 0.238 e. The summed E-state index contributed by atoms with van der Waals surface area (Å²) in [4.78, 5) is 16.6. The van der Waals surface area contributed by atoms with Gasteiger partial charge in [-0.1, -0.05) is 0 Å². The quantitative estimate of drug-likeness (QED) is 0.914. The zero-order valence-corrected chi connectivity index (χ0v) is 12.0. The number of rotatable bonds is 4. The molecule has 1 aromatic carbocycles. The molecule has 0 bridgehead atoms. The van der Waals surface area contributed by atoms with Gasteiger partial charge in [-0.25, -0.2) is 0 Å². The minimum atomic E-state index is 0.0980. The third kappa shape index (κ3) is 3.31. The van der Waals surface area contributed by atoms with Gasteiger partial charge in [-0.15, -0.1) is 0 Å². The maximum Gasteiger partial charge on any atom is 0.238 e. The second-order valence-electron chi connectivity index (χ2n) is 5.77. The number of nitrogens with one attached hydrogen (secondary N) is 1. The molecule has 108 valence electrons. The predicted molar refractivity (Wildman–Crippen MR) is 82.2 cm³/mol. The van der Waals surface area contributed by atoms with Gasteiger partial charge in [-0.05, 0) is 63.0 Å². The Hall–Kier alpha value is -1.55. The van der Waals surface area contributed by atoms with Crippen molar-refractivity contribution in [1.29, 1.82) is 0 Å². The number of hydrogen-bond acceptors (Lipinski definition) is 3. The van der Waals surface area contributed by atoms with Crippen molar-refractivity contribution in [2.24, 2.45) is 0 Å². The minimum Gasteiger partial charge on any atom is -0.372 e. The summed E-state index contributed by atoms with van der Waals surface area (Å²) in [6.45, 7) is 4.94. The lowest BCUT2D eigenvalue weighted by Crippen LogP contribution is -2.30. The molecule has 0 aromatic heterocycles. The van der Waals surface area contributed by atoms with Crippen LogP contribution in [0.1, 0.15) is 25.7 Å². The third-order valence-corrected chi connectivity index (χ3v) is 4.19. The number of carbonyl (C=O) groups excluding carboxylic acids is 1.